The average molecular weight is 182 g/mol. The van der Waals surface area contributed by atoms with Crippen molar-refractivity contribution in [2.45, 2.75) is 20.8 Å². The van der Waals surface area contributed by atoms with E-state index in [1.54, 1.807) is 0 Å². The molecule has 0 amide bonds. The molecule has 0 fully saturated rings. The molecule has 0 heterocycles. The van der Waals surface area contributed by atoms with Crippen LogP contribution in [0.3, 0.4) is 0 Å². The summed E-state index contributed by atoms with van der Waals surface area (Å²) in [6.07, 6.45) is 0. The van der Waals surface area contributed by atoms with Crippen LogP contribution in [0.25, 0.3) is 0 Å². The zero-order chi connectivity index (χ0) is 10.1. The van der Waals surface area contributed by atoms with Crippen LogP contribution in [0.1, 0.15) is 36.7 Å². The summed E-state index contributed by atoms with van der Waals surface area (Å²) in [7, 11) is 0. The van der Waals surface area contributed by atoms with Crippen molar-refractivity contribution in [3.05, 3.63) is 42.3 Å². The van der Waals surface area contributed by atoms with Crippen LogP contribution in [0.2, 0.25) is 0 Å². The van der Waals surface area contributed by atoms with Crippen molar-refractivity contribution < 1.29 is 23.7 Å². The Balaban J connectivity index is 0.00000169. The summed E-state index contributed by atoms with van der Waals surface area (Å²) in [5.74, 6) is 0.151. The second-order valence-electron chi connectivity index (χ2n) is 4.24. The van der Waals surface area contributed by atoms with Crippen LogP contribution < -0.4 is 18.9 Å². The molecule has 0 radical (unpaired) electrons. The van der Waals surface area contributed by atoms with Crippen molar-refractivity contribution in [1.82, 2.24) is 0 Å². The molecule has 0 aliphatic rings. The summed E-state index contributed by atoms with van der Waals surface area (Å²) in [5.41, 5.74) is 1.21. The zero-order valence-electron chi connectivity index (χ0n) is 9.42. The Morgan fingerprint density at radius 2 is 1.71 bits per heavy atom. The Kier molecular flexibility index (Phi) is 4.51. The van der Waals surface area contributed by atoms with E-state index in [1.807, 2.05) is 45.0 Å². The van der Waals surface area contributed by atoms with Gasteiger partial charge in [0.2, 0.25) is 0 Å². The van der Waals surface area contributed by atoms with Crippen LogP contribution in [-0.2, 0) is 0 Å². The summed E-state index contributed by atoms with van der Waals surface area (Å²) in [5, 5.41) is 0. The molecule has 0 spiro atoms. The standard InChI is InChI=1S/C12H15O.Li/c1-9-7-5-6-8-10(9)11(13)12(2,3)4;/h5-8H,1H2,2-4H3;/q-1;+1. The molecule has 0 bridgehead atoms. The molecule has 1 aromatic rings. The van der Waals surface area contributed by atoms with Crippen molar-refractivity contribution in [2.75, 3.05) is 0 Å². The van der Waals surface area contributed by atoms with E-state index in [-0.39, 0.29) is 30.1 Å². The molecule has 0 aromatic heterocycles. The van der Waals surface area contributed by atoms with Crippen LogP contribution in [0.4, 0.5) is 0 Å². The van der Waals surface area contributed by atoms with Gasteiger partial charge in [-0.15, -0.1) is 12.1 Å². The van der Waals surface area contributed by atoms with Crippen molar-refractivity contribution >= 4 is 5.78 Å². The van der Waals surface area contributed by atoms with Gasteiger partial charge >= 0.3 is 18.9 Å². The summed E-state index contributed by atoms with van der Waals surface area (Å²) >= 11 is 0. The van der Waals surface area contributed by atoms with Gasteiger partial charge < -0.3 is 4.79 Å². The minimum absolute atomic E-state index is 0. The molecular formula is C12H15LiO. The van der Waals surface area contributed by atoms with E-state index >= 15 is 0 Å². The Morgan fingerprint density at radius 3 is 2.14 bits per heavy atom. The SMILES string of the molecule is [CH2-]c1ccccc1C(=O)C(C)(C)C.[Li+]. The molecule has 0 atom stereocenters. The third-order valence-electron chi connectivity index (χ3n) is 1.94. The molecule has 0 aliphatic carbocycles. The number of Topliss-reactive ketones (excluding diaryl/α,β-unsaturated/α-hetero) is 1. The minimum atomic E-state index is -0.326. The summed E-state index contributed by atoms with van der Waals surface area (Å²) in [6, 6.07) is 7.45. The third-order valence-corrected chi connectivity index (χ3v) is 1.94. The predicted molar refractivity (Wildman–Crippen MR) is 54.7 cm³/mol. The molecule has 0 unspecified atom stereocenters. The van der Waals surface area contributed by atoms with E-state index in [2.05, 4.69) is 6.92 Å². The first kappa shape index (κ1) is 13.4. The number of hydrogen-bond acceptors (Lipinski definition) is 1. The van der Waals surface area contributed by atoms with Gasteiger partial charge in [0, 0.05) is 5.41 Å². The fourth-order valence-corrected chi connectivity index (χ4v) is 1.15. The smallest absolute Gasteiger partial charge is 0.308 e. The van der Waals surface area contributed by atoms with Gasteiger partial charge in [-0.05, 0) is 0 Å². The topological polar surface area (TPSA) is 17.1 Å². The molecule has 70 valence electrons. The Hall–Kier alpha value is -0.643. The van der Waals surface area contributed by atoms with Crippen molar-refractivity contribution in [2.24, 2.45) is 5.41 Å². The van der Waals surface area contributed by atoms with Gasteiger partial charge in [-0.2, -0.15) is 18.6 Å². The van der Waals surface area contributed by atoms with E-state index in [1.165, 1.54) is 0 Å². The monoisotopic (exact) mass is 182 g/mol. The quantitative estimate of drug-likeness (QED) is 0.342. The fourth-order valence-electron chi connectivity index (χ4n) is 1.15. The Bertz CT molecular complexity index is 323. The first-order valence-corrected chi connectivity index (χ1v) is 4.39. The average Bonchev–Trinajstić information content (AvgIpc) is 2.02. The molecular weight excluding hydrogens is 167 g/mol. The number of benzene rings is 1. The van der Waals surface area contributed by atoms with Gasteiger partial charge in [0.25, 0.3) is 0 Å². The van der Waals surface area contributed by atoms with Crippen molar-refractivity contribution in [3.8, 4) is 0 Å². The fraction of sp³-hybridized carbons (Fsp3) is 0.333. The maximum atomic E-state index is 11.8. The molecule has 14 heavy (non-hydrogen) atoms. The Morgan fingerprint density at radius 1 is 1.21 bits per heavy atom. The second kappa shape index (κ2) is 4.73. The normalized spacial score (nSPS) is 10.5. The van der Waals surface area contributed by atoms with Gasteiger partial charge in [-0.3, -0.25) is 0 Å². The molecule has 1 aromatic carbocycles. The maximum Gasteiger partial charge on any atom is 1.00 e. The van der Waals surface area contributed by atoms with Crippen molar-refractivity contribution in [3.63, 3.8) is 0 Å². The number of carbonyl (C=O) groups excluding carboxylic acids is 1. The second-order valence-corrected chi connectivity index (χ2v) is 4.24. The summed E-state index contributed by atoms with van der Waals surface area (Å²) < 4.78 is 0. The minimum Gasteiger partial charge on any atom is -0.308 e. The van der Waals surface area contributed by atoms with E-state index in [9.17, 15) is 4.79 Å². The zero-order valence-corrected chi connectivity index (χ0v) is 9.42. The molecule has 0 saturated heterocycles. The maximum absolute atomic E-state index is 11.8. The van der Waals surface area contributed by atoms with Crippen LogP contribution in [0.5, 0.6) is 0 Å². The first-order valence-electron chi connectivity index (χ1n) is 4.39. The molecule has 2 heteroatoms. The number of carbonyl (C=O) groups is 1. The van der Waals surface area contributed by atoms with E-state index in [4.69, 9.17) is 0 Å². The van der Waals surface area contributed by atoms with Crippen LogP contribution in [-0.4, -0.2) is 5.78 Å². The molecule has 1 rings (SSSR count). The largest absolute Gasteiger partial charge is 1.00 e. The first-order chi connectivity index (χ1) is 5.93. The van der Waals surface area contributed by atoms with E-state index < -0.39 is 0 Å². The molecule has 0 N–H and O–H groups in total. The third kappa shape index (κ3) is 2.94. The number of hydrogen-bond donors (Lipinski definition) is 0. The van der Waals surface area contributed by atoms with Crippen molar-refractivity contribution in [1.29, 1.82) is 0 Å². The molecule has 1 nitrogen and oxygen atoms in total. The number of ketones is 1. The van der Waals surface area contributed by atoms with Crippen LogP contribution >= 0.6 is 0 Å². The predicted octanol–water partition coefficient (Wildman–Crippen LogP) is 0.102. The van der Waals surface area contributed by atoms with Gasteiger partial charge in [0.05, 0.1) is 0 Å². The molecule has 0 aliphatic heterocycles. The summed E-state index contributed by atoms with van der Waals surface area (Å²) in [6.45, 7) is 9.59. The Labute approximate surface area is 98.1 Å². The summed E-state index contributed by atoms with van der Waals surface area (Å²) in [4.78, 5) is 11.8. The van der Waals surface area contributed by atoms with Gasteiger partial charge in [-0.25, -0.2) is 0 Å². The van der Waals surface area contributed by atoms with E-state index in [0.717, 1.165) is 11.1 Å². The number of rotatable bonds is 1. The van der Waals surface area contributed by atoms with Crippen LogP contribution in [0.15, 0.2) is 24.3 Å². The van der Waals surface area contributed by atoms with Gasteiger partial charge in [0.15, 0.2) is 0 Å². The van der Waals surface area contributed by atoms with Crippen LogP contribution in [0, 0.1) is 12.3 Å². The molecule has 0 saturated carbocycles. The van der Waals surface area contributed by atoms with Gasteiger partial charge in [-0.1, -0.05) is 32.4 Å². The van der Waals surface area contributed by atoms with E-state index in [0.29, 0.717) is 0 Å². The van der Waals surface area contributed by atoms with Gasteiger partial charge in [0.1, 0.15) is 5.78 Å².